The van der Waals surface area contributed by atoms with Crippen LogP contribution in [0.3, 0.4) is 0 Å². The van der Waals surface area contributed by atoms with Gasteiger partial charge >= 0.3 is 0 Å². The Morgan fingerprint density at radius 3 is 1.44 bits per heavy atom. The van der Waals surface area contributed by atoms with Crippen LogP contribution >= 0.6 is 0 Å². The highest BCUT2D eigenvalue weighted by Crippen LogP contribution is 2.38. The molecule has 0 bridgehead atoms. The van der Waals surface area contributed by atoms with Gasteiger partial charge in [-0.2, -0.15) is 9.97 Å². The number of benzene rings is 8. The molecule has 0 saturated heterocycles. The molecule has 0 saturated carbocycles. The van der Waals surface area contributed by atoms with Crippen LogP contribution < -0.4 is 0 Å². The lowest BCUT2D eigenvalue weighted by Crippen LogP contribution is -2.06. The Morgan fingerprint density at radius 2 is 0.754 bits per heavy atom. The molecule has 0 fully saturated rings. The SMILES string of the molecule is c1ccc(-c2nc(-c3ccc(-c4ccc5oc6cc(-c7ccc8oc9ccccc9c8c7)ccc6c5c4)cc3)nc(-n3c4ccccc4c4ccccc43)n2)cc1. The lowest BCUT2D eigenvalue weighted by atomic mass is 9.99. The maximum atomic E-state index is 6.43. The largest absolute Gasteiger partial charge is 0.456 e. The van der Waals surface area contributed by atoms with Gasteiger partial charge < -0.3 is 8.83 Å². The molecule has 6 nitrogen and oxygen atoms in total. The number of hydrogen-bond acceptors (Lipinski definition) is 5. The normalized spacial score (nSPS) is 11.9. The molecule has 0 aliphatic carbocycles. The maximum Gasteiger partial charge on any atom is 0.238 e. The van der Waals surface area contributed by atoms with Gasteiger partial charge in [-0.05, 0) is 76.9 Å². The molecule has 0 N–H and O–H groups in total. The summed E-state index contributed by atoms with van der Waals surface area (Å²) in [4.78, 5) is 15.2. The molecule has 0 aliphatic heterocycles. The van der Waals surface area contributed by atoms with E-state index in [2.05, 4.69) is 138 Å². The van der Waals surface area contributed by atoms with Gasteiger partial charge in [0.1, 0.15) is 22.3 Å². The lowest BCUT2D eigenvalue weighted by molar-refractivity contribution is 0.669. The van der Waals surface area contributed by atoms with E-state index in [9.17, 15) is 0 Å². The smallest absolute Gasteiger partial charge is 0.238 e. The fourth-order valence-corrected chi connectivity index (χ4v) is 8.30. The molecule has 57 heavy (non-hydrogen) atoms. The summed E-state index contributed by atoms with van der Waals surface area (Å²) >= 11 is 0. The van der Waals surface area contributed by atoms with E-state index in [1.54, 1.807) is 0 Å². The molecule has 0 radical (unpaired) electrons. The molecule has 0 aliphatic rings. The van der Waals surface area contributed by atoms with Crippen molar-refractivity contribution in [2.24, 2.45) is 0 Å². The number of aromatic nitrogens is 4. The fraction of sp³-hybridized carbons (Fsp3) is 0. The van der Waals surface area contributed by atoms with Gasteiger partial charge in [-0.3, -0.25) is 4.57 Å². The van der Waals surface area contributed by atoms with Gasteiger partial charge in [0.25, 0.3) is 0 Å². The number of hydrogen-bond donors (Lipinski definition) is 0. The Balaban J connectivity index is 0.918. The summed E-state index contributed by atoms with van der Waals surface area (Å²) in [5.74, 6) is 1.81. The van der Waals surface area contributed by atoms with Crippen molar-refractivity contribution in [3.63, 3.8) is 0 Å². The topological polar surface area (TPSA) is 69.9 Å². The number of para-hydroxylation sites is 3. The Bertz CT molecular complexity index is 3470. The average molecular weight is 731 g/mol. The molecule has 0 spiro atoms. The van der Waals surface area contributed by atoms with Crippen molar-refractivity contribution < 1.29 is 8.83 Å². The Morgan fingerprint density at radius 1 is 0.298 bits per heavy atom. The third kappa shape index (κ3) is 5.08. The van der Waals surface area contributed by atoms with Gasteiger partial charge in [0.05, 0.1) is 11.0 Å². The second-order valence-electron chi connectivity index (χ2n) is 14.4. The fourth-order valence-electron chi connectivity index (χ4n) is 8.30. The van der Waals surface area contributed by atoms with Crippen LogP contribution in [0.25, 0.3) is 117 Å². The van der Waals surface area contributed by atoms with Crippen molar-refractivity contribution in [2.75, 3.05) is 0 Å². The first-order valence-electron chi connectivity index (χ1n) is 19.0. The van der Waals surface area contributed by atoms with E-state index >= 15 is 0 Å². The number of fused-ring (bicyclic) bond motifs is 9. The average Bonchev–Trinajstić information content (AvgIpc) is 3.95. The highest BCUT2D eigenvalue weighted by molar-refractivity contribution is 6.10. The van der Waals surface area contributed by atoms with Gasteiger partial charge in [-0.15, -0.1) is 0 Å². The van der Waals surface area contributed by atoms with Crippen molar-refractivity contribution >= 4 is 65.7 Å². The van der Waals surface area contributed by atoms with E-state index in [0.717, 1.165) is 99.1 Å². The molecular weight excluding hydrogens is 701 g/mol. The zero-order chi connectivity index (χ0) is 37.5. The molecular formula is C51H30N4O2. The van der Waals surface area contributed by atoms with Gasteiger partial charge in [0.15, 0.2) is 11.6 Å². The van der Waals surface area contributed by atoms with Gasteiger partial charge in [-0.1, -0.05) is 127 Å². The predicted molar refractivity (Wildman–Crippen MR) is 230 cm³/mol. The third-order valence-corrected chi connectivity index (χ3v) is 11.1. The monoisotopic (exact) mass is 730 g/mol. The van der Waals surface area contributed by atoms with E-state index in [0.29, 0.717) is 17.6 Å². The minimum Gasteiger partial charge on any atom is -0.456 e. The first-order chi connectivity index (χ1) is 28.2. The standard InChI is InChI=1S/C51H30N4O2/c1-2-10-32(11-3-1)49-52-50(54-51(53-49)55-43-15-7-4-12-37(43)38-13-5-8-16-44(38)55)33-20-18-31(19-21-33)34-23-26-47-42(28-34)40-25-22-36(30-48(40)57-47)35-24-27-46-41(29-35)39-14-6-9-17-45(39)56-46/h1-30H. The Hall–Kier alpha value is -7.83. The van der Waals surface area contributed by atoms with Crippen LogP contribution in [-0.4, -0.2) is 19.5 Å². The van der Waals surface area contributed by atoms with Gasteiger partial charge in [0.2, 0.25) is 5.95 Å². The summed E-state index contributed by atoms with van der Waals surface area (Å²) in [6.07, 6.45) is 0. The van der Waals surface area contributed by atoms with Crippen molar-refractivity contribution in [1.29, 1.82) is 0 Å². The van der Waals surface area contributed by atoms with E-state index in [-0.39, 0.29) is 0 Å². The zero-order valence-corrected chi connectivity index (χ0v) is 30.4. The zero-order valence-electron chi connectivity index (χ0n) is 30.4. The first-order valence-corrected chi connectivity index (χ1v) is 19.0. The number of furan rings is 2. The molecule has 0 amide bonds. The van der Waals surface area contributed by atoms with E-state index < -0.39 is 0 Å². The Labute approximate surface area is 325 Å². The molecule has 12 rings (SSSR count). The predicted octanol–water partition coefficient (Wildman–Crippen LogP) is 13.4. The molecule has 0 unspecified atom stereocenters. The van der Waals surface area contributed by atoms with Crippen LogP contribution in [0, 0.1) is 0 Å². The van der Waals surface area contributed by atoms with Crippen LogP contribution in [0.15, 0.2) is 191 Å². The van der Waals surface area contributed by atoms with Gasteiger partial charge in [-0.25, -0.2) is 4.98 Å². The van der Waals surface area contributed by atoms with Crippen LogP contribution in [-0.2, 0) is 0 Å². The summed E-state index contributed by atoms with van der Waals surface area (Å²) in [7, 11) is 0. The minimum absolute atomic E-state index is 0.580. The minimum atomic E-state index is 0.580. The summed E-state index contributed by atoms with van der Waals surface area (Å²) in [5.41, 5.74) is 11.8. The summed E-state index contributed by atoms with van der Waals surface area (Å²) in [5, 5.41) is 6.70. The van der Waals surface area contributed by atoms with Crippen LogP contribution in [0.5, 0.6) is 0 Å². The van der Waals surface area contributed by atoms with E-state index in [4.69, 9.17) is 23.8 Å². The van der Waals surface area contributed by atoms with E-state index in [1.807, 2.05) is 48.5 Å². The quantitative estimate of drug-likeness (QED) is 0.176. The van der Waals surface area contributed by atoms with Crippen molar-refractivity contribution in [3.8, 4) is 51.0 Å². The third-order valence-electron chi connectivity index (χ3n) is 11.1. The molecule has 8 aromatic carbocycles. The molecule has 6 heteroatoms. The van der Waals surface area contributed by atoms with Crippen molar-refractivity contribution in [1.82, 2.24) is 19.5 Å². The number of rotatable bonds is 5. The van der Waals surface area contributed by atoms with Crippen LogP contribution in [0.2, 0.25) is 0 Å². The summed E-state index contributed by atoms with van der Waals surface area (Å²) in [6.45, 7) is 0. The van der Waals surface area contributed by atoms with Crippen molar-refractivity contribution in [3.05, 3.63) is 182 Å². The second kappa shape index (κ2) is 12.3. The highest BCUT2D eigenvalue weighted by atomic mass is 16.3. The molecule has 12 aromatic rings. The first kappa shape index (κ1) is 31.5. The Kier molecular flexibility index (Phi) is 6.83. The van der Waals surface area contributed by atoms with Crippen LogP contribution in [0.4, 0.5) is 0 Å². The van der Waals surface area contributed by atoms with Crippen LogP contribution in [0.1, 0.15) is 0 Å². The molecule has 4 heterocycles. The summed E-state index contributed by atoms with van der Waals surface area (Å²) < 4.78 is 14.6. The maximum absolute atomic E-state index is 6.43. The lowest BCUT2D eigenvalue weighted by Gasteiger charge is -2.11. The highest BCUT2D eigenvalue weighted by Gasteiger charge is 2.18. The molecule has 0 atom stereocenters. The van der Waals surface area contributed by atoms with E-state index in [1.165, 1.54) is 0 Å². The second-order valence-corrected chi connectivity index (χ2v) is 14.4. The van der Waals surface area contributed by atoms with Gasteiger partial charge in [0, 0.05) is 43.4 Å². The number of nitrogens with zero attached hydrogens (tertiary/aromatic N) is 4. The molecule has 266 valence electrons. The molecule has 4 aromatic heterocycles. The summed E-state index contributed by atoms with van der Waals surface area (Å²) in [6, 6.07) is 62.8. The van der Waals surface area contributed by atoms with Crippen molar-refractivity contribution in [2.45, 2.75) is 0 Å².